The summed E-state index contributed by atoms with van der Waals surface area (Å²) in [6.07, 6.45) is 11.6. The Morgan fingerprint density at radius 1 is 1.04 bits per heavy atom. The fraction of sp³-hybridized carbons (Fsp3) is 0.905. The second kappa shape index (κ2) is 5.33. The summed E-state index contributed by atoms with van der Waals surface area (Å²) < 4.78 is 0. The van der Waals surface area contributed by atoms with Crippen LogP contribution in [0.2, 0.25) is 0 Å². The fourth-order valence-electron chi connectivity index (χ4n) is 7.54. The van der Waals surface area contributed by atoms with Gasteiger partial charge in [0.2, 0.25) is 0 Å². The maximum Gasteiger partial charge on any atom is 0.0724 e. The van der Waals surface area contributed by atoms with Crippen molar-refractivity contribution in [2.75, 3.05) is 0 Å². The third-order valence-corrected chi connectivity index (χ3v) is 8.74. The van der Waals surface area contributed by atoms with Crippen LogP contribution in [0.25, 0.3) is 0 Å². The van der Waals surface area contributed by atoms with Crippen molar-refractivity contribution in [1.29, 1.82) is 0 Å². The van der Waals surface area contributed by atoms with Gasteiger partial charge in [0, 0.05) is 0 Å². The van der Waals surface area contributed by atoms with Gasteiger partial charge in [-0.15, -0.1) is 0 Å². The minimum atomic E-state index is -0.199. The lowest BCUT2D eigenvalue weighted by Crippen LogP contribution is -2.51. The summed E-state index contributed by atoms with van der Waals surface area (Å²) in [5.41, 5.74) is 2.26. The monoisotopic (exact) mass is 318 g/mol. The number of hydrogen-bond donors (Lipinski definition) is 2. The van der Waals surface area contributed by atoms with Gasteiger partial charge in [-0.1, -0.05) is 25.5 Å². The molecule has 0 radical (unpaired) electrons. The van der Waals surface area contributed by atoms with Crippen LogP contribution < -0.4 is 0 Å². The molecule has 2 heteroatoms. The lowest BCUT2D eigenvalue weighted by atomic mass is 9.46. The summed E-state index contributed by atoms with van der Waals surface area (Å²) in [4.78, 5) is 0. The number of aliphatic hydroxyl groups excluding tert-OH is 2. The Kier molecular flexibility index (Phi) is 3.74. The van der Waals surface area contributed by atoms with Gasteiger partial charge in [-0.3, -0.25) is 0 Å². The molecular formula is C21H34O2. The van der Waals surface area contributed by atoms with E-state index in [1.807, 2.05) is 6.92 Å². The van der Waals surface area contributed by atoms with Gasteiger partial charge in [0.1, 0.15) is 0 Å². The van der Waals surface area contributed by atoms with E-state index in [-0.39, 0.29) is 12.2 Å². The lowest BCUT2D eigenvalue weighted by Gasteiger charge is -2.58. The quantitative estimate of drug-likeness (QED) is 0.707. The number of aliphatic hydroxyl groups is 2. The predicted octanol–water partition coefficient (Wildman–Crippen LogP) is 4.31. The summed E-state index contributed by atoms with van der Waals surface area (Å²) in [6.45, 7) is 6.98. The van der Waals surface area contributed by atoms with E-state index < -0.39 is 0 Å². The molecular weight excluding hydrogens is 284 g/mol. The van der Waals surface area contributed by atoms with Crippen molar-refractivity contribution in [1.82, 2.24) is 0 Å². The van der Waals surface area contributed by atoms with E-state index in [1.54, 1.807) is 5.57 Å². The highest BCUT2D eigenvalue weighted by atomic mass is 16.3. The highest BCUT2D eigenvalue weighted by Crippen LogP contribution is 2.67. The Bertz CT molecular complexity index is 510. The fourth-order valence-corrected chi connectivity index (χ4v) is 7.54. The minimum absolute atomic E-state index is 0.152. The molecule has 0 aromatic heterocycles. The van der Waals surface area contributed by atoms with Gasteiger partial charge in [0.15, 0.2) is 0 Å². The normalized spacial score (nSPS) is 53.8. The Labute approximate surface area is 141 Å². The molecule has 2 N–H and O–H groups in total. The van der Waals surface area contributed by atoms with Gasteiger partial charge < -0.3 is 10.2 Å². The molecule has 2 nitrogen and oxygen atoms in total. The van der Waals surface area contributed by atoms with Crippen molar-refractivity contribution in [3.05, 3.63) is 11.6 Å². The molecule has 23 heavy (non-hydrogen) atoms. The second-order valence-corrected chi connectivity index (χ2v) is 9.60. The summed E-state index contributed by atoms with van der Waals surface area (Å²) in [6, 6.07) is 0. The average molecular weight is 319 g/mol. The second-order valence-electron chi connectivity index (χ2n) is 9.60. The van der Waals surface area contributed by atoms with Crippen molar-refractivity contribution in [2.45, 2.75) is 84.3 Å². The highest BCUT2D eigenvalue weighted by molar-refractivity contribution is 5.25. The van der Waals surface area contributed by atoms with E-state index in [4.69, 9.17) is 0 Å². The molecule has 3 saturated carbocycles. The first kappa shape index (κ1) is 16.1. The van der Waals surface area contributed by atoms with Gasteiger partial charge in [-0.05, 0) is 92.8 Å². The molecule has 8 atom stereocenters. The Morgan fingerprint density at radius 3 is 2.57 bits per heavy atom. The molecule has 130 valence electrons. The number of rotatable bonds is 1. The molecule has 4 aliphatic rings. The smallest absolute Gasteiger partial charge is 0.0724 e. The molecule has 0 unspecified atom stereocenters. The molecule has 4 rings (SSSR count). The molecule has 0 aromatic carbocycles. The van der Waals surface area contributed by atoms with Crippen molar-refractivity contribution in [3.63, 3.8) is 0 Å². The minimum Gasteiger partial charge on any atom is -0.393 e. The van der Waals surface area contributed by atoms with E-state index in [2.05, 4.69) is 19.9 Å². The van der Waals surface area contributed by atoms with Crippen LogP contribution in [0.1, 0.15) is 72.1 Å². The maximum atomic E-state index is 10.3. The first-order valence-electron chi connectivity index (χ1n) is 9.93. The van der Waals surface area contributed by atoms with E-state index >= 15 is 0 Å². The van der Waals surface area contributed by atoms with Crippen LogP contribution in [0.3, 0.4) is 0 Å². The van der Waals surface area contributed by atoms with Crippen LogP contribution in [0, 0.1) is 34.5 Å². The highest BCUT2D eigenvalue weighted by Gasteiger charge is 2.59. The molecule has 0 aromatic rings. The van der Waals surface area contributed by atoms with Gasteiger partial charge in [-0.25, -0.2) is 0 Å². The third kappa shape index (κ3) is 2.20. The van der Waals surface area contributed by atoms with E-state index in [9.17, 15) is 10.2 Å². The Hall–Kier alpha value is -0.340. The first-order chi connectivity index (χ1) is 10.9. The van der Waals surface area contributed by atoms with Gasteiger partial charge in [0.25, 0.3) is 0 Å². The van der Waals surface area contributed by atoms with Gasteiger partial charge >= 0.3 is 0 Å². The van der Waals surface area contributed by atoms with Crippen LogP contribution in [0.4, 0.5) is 0 Å². The molecule has 4 aliphatic carbocycles. The van der Waals surface area contributed by atoms with Crippen LogP contribution in [-0.2, 0) is 0 Å². The number of hydrogen-bond acceptors (Lipinski definition) is 2. The Balaban J connectivity index is 1.64. The summed E-state index contributed by atoms with van der Waals surface area (Å²) in [5, 5.41) is 20.3. The van der Waals surface area contributed by atoms with Crippen LogP contribution >= 0.6 is 0 Å². The molecule has 0 aliphatic heterocycles. The van der Waals surface area contributed by atoms with Gasteiger partial charge in [0.05, 0.1) is 12.2 Å². The molecule has 0 amide bonds. The first-order valence-corrected chi connectivity index (χ1v) is 9.93. The zero-order chi connectivity index (χ0) is 16.4. The SMILES string of the molecule is C[C@H](O)[C@H]1CC[C@H]2[C@@H]3CCC4=C[C@@H](O)CC[C@]4(C)[C@H]3CC[C@]12C. The summed E-state index contributed by atoms with van der Waals surface area (Å²) in [5.74, 6) is 2.97. The van der Waals surface area contributed by atoms with E-state index in [0.29, 0.717) is 16.7 Å². The van der Waals surface area contributed by atoms with E-state index in [1.165, 1.54) is 44.9 Å². The zero-order valence-corrected chi connectivity index (χ0v) is 15.1. The van der Waals surface area contributed by atoms with Gasteiger partial charge in [-0.2, -0.15) is 0 Å². The molecule has 0 spiro atoms. The molecule has 0 bridgehead atoms. The zero-order valence-electron chi connectivity index (χ0n) is 15.1. The predicted molar refractivity (Wildman–Crippen MR) is 92.9 cm³/mol. The lowest BCUT2D eigenvalue weighted by molar-refractivity contribution is -0.0725. The van der Waals surface area contributed by atoms with Crippen LogP contribution in [0.15, 0.2) is 11.6 Å². The van der Waals surface area contributed by atoms with Crippen molar-refractivity contribution >= 4 is 0 Å². The standard InChI is InChI=1S/C21H34O2/c1-13(22)17-6-7-18-16-5-4-14-12-15(23)8-10-20(14,2)19(16)9-11-21(17,18)3/h12-13,15-19,22-23H,4-11H2,1-3H3/t13-,15-,16-,17+,18-,19-,20-,21+/m0/s1. The topological polar surface area (TPSA) is 40.5 Å². The largest absolute Gasteiger partial charge is 0.393 e. The maximum absolute atomic E-state index is 10.3. The number of allylic oxidation sites excluding steroid dienone is 1. The number of fused-ring (bicyclic) bond motifs is 5. The molecule has 0 heterocycles. The van der Waals surface area contributed by atoms with Crippen LogP contribution in [-0.4, -0.2) is 22.4 Å². The van der Waals surface area contributed by atoms with E-state index in [0.717, 1.165) is 24.2 Å². The van der Waals surface area contributed by atoms with Crippen molar-refractivity contribution in [3.8, 4) is 0 Å². The van der Waals surface area contributed by atoms with Crippen molar-refractivity contribution < 1.29 is 10.2 Å². The molecule has 0 saturated heterocycles. The summed E-state index contributed by atoms with van der Waals surface area (Å²) in [7, 11) is 0. The molecule has 3 fully saturated rings. The Morgan fingerprint density at radius 2 is 1.83 bits per heavy atom. The van der Waals surface area contributed by atoms with Crippen molar-refractivity contribution in [2.24, 2.45) is 34.5 Å². The average Bonchev–Trinajstić information content (AvgIpc) is 2.85. The van der Waals surface area contributed by atoms with Crippen LogP contribution in [0.5, 0.6) is 0 Å². The summed E-state index contributed by atoms with van der Waals surface area (Å²) >= 11 is 0. The third-order valence-electron chi connectivity index (χ3n) is 8.74.